The molecule has 0 spiro atoms. The average Bonchev–Trinajstić information content (AvgIpc) is 2.63. The number of nitrogens with zero attached hydrogens (tertiary/aromatic N) is 3. The number of carbonyl (C=O) groups excluding carboxylic acids is 1. The summed E-state index contributed by atoms with van der Waals surface area (Å²) in [6.45, 7) is 6.33. The number of hydrogen-bond donors (Lipinski definition) is 1. The molecular weight excluding hydrogens is 370 g/mol. The van der Waals surface area contributed by atoms with Crippen LogP contribution in [0, 0.1) is 13.8 Å². The van der Waals surface area contributed by atoms with Gasteiger partial charge in [-0.1, -0.05) is 6.07 Å². The summed E-state index contributed by atoms with van der Waals surface area (Å²) >= 11 is 0. The maximum atomic E-state index is 12.8. The second kappa shape index (κ2) is 8.37. The van der Waals surface area contributed by atoms with Crippen molar-refractivity contribution in [3.05, 3.63) is 29.3 Å². The van der Waals surface area contributed by atoms with Crippen LogP contribution in [0.5, 0.6) is 0 Å². The first kappa shape index (κ1) is 21.3. The summed E-state index contributed by atoms with van der Waals surface area (Å²) in [6.07, 6.45) is 0. The Morgan fingerprint density at radius 3 is 2.26 bits per heavy atom. The molecule has 1 aliphatic rings. The van der Waals surface area contributed by atoms with E-state index in [1.807, 2.05) is 13.8 Å². The average molecular weight is 397 g/mol. The lowest BCUT2D eigenvalue weighted by molar-refractivity contribution is -0.143. The molecule has 27 heavy (non-hydrogen) atoms. The monoisotopic (exact) mass is 397 g/mol. The number of aryl methyl sites for hydroxylation is 2. The molecule has 1 aromatic carbocycles. The van der Waals surface area contributed by atoms with E-state index in [0.29, 0.717) is 0 Å². The Labute approximate surface area is 160 Å². The van der Waals surface area contributed by atoms with E-state index in [0.717, 1.165) is 11.1 Å². The van der Waals surface area contributed by atoms with Gasteiger partial charge in [-0.25, -0.2) is 8.42 Å². The van der Waals surface area contributed by atoms with Crippen molar-refractivity contribution in [1.29, 1.82) is 0 Å². The summed E-state index contributed by atoms with van der Waals surface area (Å²) in [5.41, 5.74) is 1.95. The van der Waals surface area contributed by atoms with Crippen molar-refractivity contribution < 1.29 is 23.1 Å². The summed E-state index contributed by atoms with van der Waals surface area (Å²) in [6, 6.07) is 4.31. The minimum atomic E-state index is -3.59. The third-order valence-corrected chi connectivity index (χ3v) is 7.01. The number of carboxylic acid groups (broad SMARTS) is 1. The molecule has 1 aromatic rings. The summed E-state index contributed by atoms with van der Waals surface area (Å²) in [5, 5.41) is 9.00. The van der Waals surface area contributed by atoms with E-state index in [4.69, 9.17) is 5.11 Å². The number of carboxylic acids is 1. The third-order valence-electron chi connectivity index (χ3n) is 5.11. The molecule has 150 valence electrons. The Balaban J connectivity index is 1.99. The maximum absolute atomic E-state index is 12.8. The van der Waals surface area contributed by atoms with Crippen LogP contribution in [-0.2, 0) is 19.6 Å². The van der Waals surface area contributed by atoms with Crippen molar-refractivity contribution in [2.75, 3.05) is 39.8 Å². The Hall–Kier alpha value is -1.97. The van der Waals surface area contributed by atoms with Gasteiger partial charge in [-0.15, -0.1) is 0 Å². The van der Waals surface area contributed by atoms with Crippen molar-refractivity contribution in [2.45, 2.75) is 31.7 Å². The van der Waals surface area contributed by atoms with E-state index in [1.165, 1.54) is 16.1 Å². The fourth-order valence-electron chi connectivity index (χ4n) is 2.84. The first-order chi connectivity index (χ1) is 12.5. The third kappa shape index (κ3) is 4.85. The Morgan fingerprint density at radius 1 is 1.15 bits per heavy atom. The van der Waals surface area contributed by atoms with Gasteiger partial charge in [-0.2, -0.15) is 4.31 Å². The molecule has 1 atom stereocenters. The van der Waals surface area contributed by atoms with Crippen molar-refractivity contribution in [3.8, 4) is 0 Å². The van der Waals surface area contributed by atoms with Gasteiger partial charge in [0.05, 0.1) is 11.4 Å². The van der Waals surface area contributed by atoms with E-state index in [9.17, 15) is 18.0 Å². The topological polar surface area (TPSA) is 98.2 Å². The second-order valence-corrected chi connectivity index (χ2v) is 8.90. The van der Waals surface area contributed by atoms with E-state index in [2.05, 4.69) is 0 Å². The summed E-state index contributed by atoms with van der Waals surface area (Å²) in [4.78, 5) is 26.7. The van der Waals surface area contributed by atoms with Gasteiger partial charge in [-0.3, -0.25) is 14.5 Å². The number of likely N-dealkylation sites (N-methyl/N-ethyl adjacent to an activating group) is 1. The standard InChI is InChI=1S/C18H27N3O5S/c1-13-5-6-16(11-14(13)2)27(25,26)21-9-7-20(8-10-21)17(22)12-19(4)15(3)18(23)24/h5-6,11,15H,7-10,12H2,1-4H3,(H,23,24). The molecule has 9 heteroatoms. The number of aliphatic carboxylic acids is 1. The van der Waals surface area contributed by atoms with Crippen LogP contribution in [-0.4, -0.2) is 85.3 Å². The van der Waals surface area contributed by atoms with Gasteiger partial charge in [0.2, 0.25) is 15.9 Å². The highest BCUT2D eigenvalue weighted by molar-refractivity contribution is 7.89. The summed E-state index contributed by atoms with van der Waals surface area (Å²) < 4.78 is 27.0. The van der Waals surface area contributed by atoms with E-state index < -0.39 is 22.0 Å². The number of benzene rings is 1. The lowest BCUT2D eigenvalue weighted by atomic mass is 10.1. The van der Waals surface area contributed by atoms with Crippen LogP contribution in [0.2, 0.25) is 0 Å². The fraction of sp³-hybridized carbons (Fsp3) is 0.556. The van der Waals surface area contributed by atoms with Crippen molar-refractivity contribution >= 4 is 21.9 Å². The zero-order valence-electron chi connectivity index (χ0n) is 16.2. The quantitative estimate of drug-likeness (QED) is 0.752. The summed E-state index contributed by atoms with van der Waals surface area (Å²) in [5.74, 6) is -1.19. The number of piperazine rings is 1. The minimum Gasteiger partial charge on any atom is -0.480 e. The van der Waals surface area contributed by atoms with E-state index >= 15 is 0 Å². The van der Waals surface area contributed by atoms with Crippen LogP contribution in [0.15, 0.2) is 23.1 Å². The zero-order chi connectivity index (χ0) is 20.4. The molecule has 0 radical (unpaired) electrons. The Morgan fingerprint density at radius 2 is 1.74 bits per heavy atom. The van der Waals surface area contributed by atoms with Gasteiger partial charge in [0.15, 0.2) is 0 Å². The number of rotatable bonds is 6. The minimum absolute atomic E-state index is 0.0165. The highest BCUT2D eigenvalue weighted by Gasteiger charge is 2.31. The van der Waals surface area contributed by atoms with Gasteiger partial charge in [0, 0.05) is 26.2 Å². The molecule has 0 bridgehead atoms. The number of carbonyl (C=O) groups is 2. The van der Waals surface area contributed by atoms with Gasteiger partial charge >= 0.3 is 5.97 Å². The zero-order valence-corrected chi connectivity index (χ0v) is 17.0. The first-order valence-electron chi connectivity index (χ1n) is 8.82. The van der Waals surface area contributed by atoms with Crippen molar-refractivity contribution in [3.63, 3.8) is 0 Å². The van der Waals surface area contributed by atoms with Gasteiger partial charge in [0.25, 0.3) is 0 Å². The normalized spacial score (nSPS) is 17.1. The highest BCUT2D eigenvalue weighted by atomic mass is 32.2. The van der Waals surface area contributed by atoms with E-state index in [-0.39, 0.29) is 43.5 Å². The summed E-state index contributed by atoms with van der Waals surface area (Å²) in [7, 11) is -2.01. The molecular formula is C18H27N3O5S. The van der Waals surface area contributed by atoms with Crippen LogP contribution in [0.4, 0.5) is 0 Å². The van der Waals surface area contributed by atoms with Gasteiger partial charge < -0.3 is 10.0 Å². The van der Waals surface area contributed by atoms with Crippen LogP contribution in [0.1, 0.15) is 18.1 Å². The molecule has 1 aliphatic heterocycles. The van der Waals surface area contributed by atoms with E-state index in [1.54, 1.807) is 30.1 Å². The molecule has 0 saturated carbocycles. The van der Waals surface area contributed by atoms with Crippen LogP contribution < -0.4 is 0 Å². The Kier molecular flexibility index (Phi) is 6.61. The fourth-order valence-corrected chi connectivity index (χ4v) is 4.35. The molecule has 1 N–H and O–H groups in total. The second-order valence-electron chi connectivity index (χ2n) is 6.96. The number of sulfonamides is 1. The van der Waals surface area contributed by atoms with Crippen LogP contribution >= 0.6 is 0 Å². The Bertz CT molecular complexity index is 816. The lowest BCUT2D eigenvalue weighted by Gasteiger charge is -2.35. The largest absolute Gasteiger partial charge is 0.480 e. The van der Waals surface area contributed by atoms with Crippen molar-refractivity contribution in [1.82, 2.24) is 14.1 Å². The molecule has 2 rings (SSSR count). The molecule has 8 nitrogen and oxygen atoms in total. The molecule has 0 aliphatic carbocycles. The van der Waals surface area contributed by atoms with Gasteiger partial charge in [-0.05, 0) is 51.1 Å². The predicted octanol–water partition coefficient (Wildman–Crippen LogP) is 0.541. The number of amides is 1. The SMILES string of the molecule is Cc1ccc(S(=O)(=O)N2CCN(C(=O)CN(C)C(C)C(=O)O)CC2)cc1C. The molecule has 1 saturated heterocycles. The first-order valence-corrected chi connectivity index (χ1v) is 10.3. The molecule has 0 aromatic heterocycles. The highest BCUT2D eigenvalue weighted by Crippen LogP contribution is 2.20. The predicted molar refractivity (Wildman–Crippen MR) is 101 cm³/mol. The van der Waals surface area contributed by atoms with Crippen LogP contribution in [0.3, 0.4) is 0 Å². The number of hydrogen-bond acceptors (Lipinski definition) is 5. The molecule has 1 amide bonds. The molecule has 1 heterocycles. The maximum Gasteiger partial charge on any atom is 0.320 e. The molecule has 1 fully saturated rings. The van der Waals surface area contributed by atoms with Crippen molar-refractivity contribution in [2.24, 2.45) is 0 Å². The van der Waals surface area contributed by atoms with Gasteiger partial charge in [0.1, 0.15) is 6.04 Å². The lowest BCUT2D eigenvalue weighted by Crippen LogP contribution is -2.53. The molecule has 1 unspecified atom stereocenters. The smallest absolute Gasteiger partial charge is 0.320 e. The van der Waals surface area contributed by atoms with Crippen LogP contribution in [0.25, 0.3) is 0 Å².